The Kier molecular flexibility index (Phi) is 3.37. The van der Waals surface area contributed by atoms with Crippen LogP contribution < -0.4 is 10.9 Å². The van der Waals surface area contributed by atoms with E-state index in [4.69, 9.17) is 0 Å². The number of fused-ring (bicyclic) bond motifs is 1. The summed E-state index contributed by atoms with van der Waals surface area (Å²) in [6.45, 7) is 9.84. The maximum absolute atomic E-state index is 12.9. The number of hydrogen-bond donors (Lipinski definition) is 0. The average Bonchev–Trinajstić information content (AvgIpc) is 3.20. The van der Waals surface area contributed by atoms with Crippen molar-refractivity contribution in [2.75, 3.05) is 13.3 Å². The summed E-state index contributed by atoms with van der Waals surface area (Å²) in [5.41, 5.74) is 0.852. The molecule has 0 spiro atoms. The first-order chi connectivity index (χ1) is 10.1. The molecule has 1 aromatic heterocycles. The van der Waals surface area contributed by atoms with Crippen LogP contribution in [0, 0.1) is 0 Å². The van der Waals surface area contributed by atoms with E-state index in [2.05, 4.69) is 25.9 Å². The van der Waals surface area contributed by atoms with Gasteiger partial charge in [0, 0.05) is 10.7 Å². The van der Waals surface area contributed by atoms with E-state index in [-0.39, 0.29) is 17.0 Å². The maximum atomic E-state index is 12.9. The molecule has 118 valence electrons. The van der Waals surface area contributed by atoms with Gasteiger partial charge < -0.3 is 4.57 Å². The molecule has 1 aromatic carbocycles. The molecule has 0 aliphatic heterocycles. The summed E-state index contributed by atoms with van der Waals surface area (Å²) in [5, 5.41) is 6.54. The van der Waals surface area contributed by atoms with Gasteiger partial charge in [0.2, 0.25) is 0 Å². The van der Waals surface area contributed by atoms with Gasteiger partial charge in [-0.15, -0.1) is 0 Å². The highest BCUT2D eigenvalue weighted by molar-refractivity contribution is 7.70. The van der Waals surface area contributed by atoms with Crippen molar-refractivity contribution >= 4 is 23.2 Å². The third-order valence-electron chi connectivity index (χ3n) is 4.21. The van der Waals surface area contributed by atoms with Gasteiger partial charge in [-0.2, -0.15) is 5.10 Å². The molecule has 0 bridgehead atoms. The van der Waals surface area contributed by atoms with Crippen molar-refractivity contribution in [3.63, 3.8) is 0 Å². The highest BCUT2D eigenvalue weighted by Gasteiger charge is 2.30. The third kappa shape index (κ3) is 2.54. The van der Waals surface area contributed by atoms with Gasteiger partial charge in [0.25, 0.3) is 5.56 Å². The predicted octanol–water partition coefficient (Wildman–Crippen LogP) is 3.28. The Morgan fingerprint density at radius 2 is 1.82 bits per heavy atom. The summed E-state index contributed by atoms with van der Waals surface area (Å²) >= 11 is 0. The Morgan fingerprint density at radius 3 is 2.32 bits per heavy atom. The number of hydrogen-bond acceptors (Lipinski definition) is 3. The van der Waals surface area contributed by atoms with Crippen LogP contribution in [0.15, 0.2) is 23.1 Å². The van der Waals surface area contributed by atoms with Crippen LogP contribution in [0.1, 0.15) is 45.2 Å². The lowest BCUT2D eigenvalue weighted by Gasteiger charge is -2.26. The lowest BCUT2D eigenvalue weighted by molar-refractivity contribution is 0.580. The van der Waals surface area contributed by atoms with Gasteiger partial charge in [-0.3, -0.25) is 4.79 Å². The summed E-state index contributed by atoms with van der Waals surface area (Å²) < 4.78 is 14.5. The standard InChI is InChI=1S/C17H23N2O2P/c1-17(2,3)14-9-8-12-13(15(14)22(4,5)21)10-18-19(16(12)20)11-6-7-11/h8-11H,6-7H2,1-5H3. The molecule has 0 atom stereocenters. The molecule has 0 saturated heterocycles. The van der Waals surface area contributed by atoms with Crippen LogP contribution in [0.5, 0.6) is 0 Å². The largest absolute Gasteiger partial charge is 0.319 e. The van der Waals surface area contributed by atoms with E-state index in [1.165, 1.54) is 0 Å². The van der Waals surface area contributed by atoms with Crippen LogP contribution in [-0.2, 0) is 9.98 Å². The van der Waals surface area contributed by atoms with Crippen molar-refractivity contribution in [1.29, 1.82) is 0 Å². The van der Waals surface area contributed by atoms with Crippen molar-refractivity contribution < 1.29 is 4.57 Å². The minimum Gasteiger partial charge on any atom is -0.319 e. The first-order valence-corrected chi connectivity index (χ1v) is 10.3. The minimum absolute atomic E-state index is 0.0600. The Balaban J connectivity index is 2.41. The Labute approximate surface area is 130 Å². The summed E-state index contributed by atoms with van der Waals surface area (Å²) in [6, 6.07) is 4.09. The normalized spacial score (nSPS) is 16.2. The van der Waals surface area contributed by atoms with Crippen LogP contribution in [0.2, 0.25) is 0 Å². The van der Waals surface area contributed by atoms with Gasteiger partial charge in [0.1, 0.15) is 7.14 Å². The fraction of sp³-hybridized carbons (Fsp3) is 0.529. The zero-order chi connectivity index (χ0) is 16.3. The van der Waals surface area contributed by atoms with Crippen LogP contribution >= 0.6 is 7.14 Å². The van der Waals surface area contributed by atoms with Crippen molar-refractivity contribution in [2.45, 2.75) is 45.1 Å². The van der Waals surface area contributed by atoms with Gasteiger partial charge in [-0.25, -0.2) is 4.68 Å². The third-order valence-corrected chi connectivity index (χ3v) is 5.76. The fourth-order valence-electron chi connectivity index (χ4n) is 2.99. The number of rotatable bonds is 2. The second-order valence-electron chi connectivity index (χ2n) is 7.65. The first kappa shape index (κ1) is 15.5. The van der Waals surface area contributed by atoms with E-state index in [1.54, 1.807) is 24.2 Å². The van der Waals surface area contributed by atoms with Gasteiger partial charge in [-0.1, -0.05) is 26.8 Å². The molecule has 0 unspecified atom stereocenters. The molecular formula is C17H23N2O2P. The molecule has 0 N–H and O–H groups in total. The second kappa shape index (κ2) is 4.79. The zero-order valence-corrected chi connectivity index (χ0v) is 14.8. The van der Waals surface area contributed by atoms with E-state index >= 15 is 0 Å². The summed E-state index contributed by atoms with van der Waals surface area (Å²) in [5.74, 6) is 0. The van der Waals surface area contributed by atoms with Gasteiger partial charge in [0.05, 0.1) is 17.6 Å². The predicted molar refractivity (Wildman–Crippen MR) is 92.1 cm³/mol. The average molecular weight is 318 g/mol. The lowest BCUT2D eigenvalue weighted by atomic mass is 9.86. The van der Waals surface area contributed by atoms with E-state index in [9.17, 15) is 9.36 Å². The fourth-order valence-corrected chi connectivity index (χ4v) is 4.73. The highest BCUT2D eigenvalue weighted by atomic mass is 31.2. The molecule has 22 heavy (non-hydrogen) atoms. The van der Waals surface area contributed by atoms with Gasteiger partial charge >= 0.3 is 0 Å². The molecule has 4 nitrogen and oxygen atoms in total. The molecular weight excluding hydrogens is 295 g/mol. The van der Waals surface area contributed by atoms with Crippen molar-refractivity contribution in [2.24, 2.45) is 0 Å². The molecule has 5 heteroatoms. The van der Waals surface area contributed by atoms with Crippen molar-refractivity contribution in [1.82, 2.24) is 9.78 Å². The van der Waals surface area contributed by atoms with Crippen LogP contribution in [0.4, 0.5) is 0 Å². The molecule has 1 aliphatic carbocycles. The molecule has 1 heterocycles. The topological polar surface area (TPSA) is 52.0 Å². The molecule has 0 amide bonds. The van der Waals surface area contributed by atoms with Crippen molar-refractivity contribution in [3.8, 4) is 0 Å². The van der Waals surface area contributed by atoms with E-state index in [0.717, 1.165) is 29.1 Å². The quantitative estimate of drug-likeness (QED) is 0.799. The van der Waals surface area contributed by atoms with E-state index in [0.29, 0.717) is 5.39 Å². The first-order valence-electron chi connectivity index (χ1n) is 7.71. The van der Waals surface area contributed by atoms with Crippen molar-refractivity contribution in [3.05, 3.63) is 34.2 Å². The maximum Gasteiger partial charge on any atom is 0.274 e. The van der Waals surface area contributed by atoms with E-state index < -0.39 is 7.14 Å². The monoisotopic (exact) mass is 318 g/mol. The zero-order valence-electron chi connectivity index (χ0n) is 13.9. The number of benzene rings is 1. The molecule has 2 aromatic rings. The SMILES string of the molecule is CC(C)(C)c1ccc2c(=O)n(C3CC3)ncc2c1P(C)(C)=O. The molecule has 1 aliphatic rings. The molecule has 1 fully saturated rings. The number of aromatic nitrogens is 2. The number of nitrogens with zero attached hydrogens (tertiary/aromatic N) is 2. The van der Waals surface area contributed by atoms with Crippen LogP contribution in [0.25, 0.3) is 10.8 Å². The second-order valence-corrected chi connectivity index (χ2v) is 10.8. The Bertz CT molecular complexity index is 851. The van der Waals surface area contributed by atoms with Crippen LogP contribution in [0.3, 0.4) is 0 Å². The summed E-state index contributed by atoms with van der Waals surface area (Å²) in [7, 11) is -2.53. The van der Waals surface area contributed by atoms with Gasteiger partial charge in [-0.05, 0) is 43.2 Å². The summed E-state index contributed by atoms with van der Waals surface area (Å²) in [4.78, 5) is 12.7. The minimum atomic E-state index is -2.53. The highest BCUT2D eigenvalue weighted by Crippen LogP contribution is 2.42. The summed E-state index contributed by atoms with van der Waals surface area (Å²) in [6.07, 6.45) is 3.77. The van der Waals surface area contributed by atoms with E-state index in [1.807, 2.05) is 12.1 Å². The molecule has 0 radical (unpaired) electrons. The smallest absolute Gasteiger partial charge is 0.274 e. The van der Waals surface area contributed by atoms with Gasteiger partial charge in [0.15, 0.2) is 0 Å². The van der Waals surface area contributed by atoms with Crippen LogP contribution in [-0.4, -0.2) is 23.1 Å². The Morgan fingerprint density at radius 1 is 1.18 bits per heavy atom. The Hall–Kier alpha value is -1.41. The molecule has 1 saturated carbocycles. The molecule has 3 rings (SSSR count). The lowest BCUT2D eigenvalue weighted by Crippen LogP contribution is -2.27.